The van der Waals surface area contributed by atoms with Crippen LogP contribution in [0.1, 0.15) is 94.8 Å². The molecule has 354 valence electrons. The zero-order valence-corrected chi connectivity index (χ0v) is 41.3. The minimum atomic E-state index is -1.85. The molecule has 0 bridgehead atoms. The Bertz CT molecular complexity index is 2550. The molecule has 7 rings (SSSR count). The van der Waals surface area contributed by atoms with Crippen LogP contribution < -0.4 is 15.5 Å². The summed E-state index contributed by atoms with van der Waals surface area (Å²) in [6.07, 6.45) is 0.326. The lowest BCUT2D eigenvalue weighted by molar-refractivity contribution is -0.137. The lowest BCUT2D eigenvalue weighted by Crippen LogP contribution is -2.54. The average molecular weight is 922 g/mol. The third kappa shape index (κ3) is 10.5. The van der Waals surface area contributed by atoms with Crippen LogP contribution in [0.25, 0.3) is 22.1 Å². The number of hydrogen-bond acceptors (Lipinski definition) is 10. The smallest absolute Gasteiger partial charge is 0.407 e. The quantitative estimate of drug-likeness (QED) is 0.0799. The van der Waals surface area contributed by atoms with Gasteiger partial charge in [0.1, 0.15) is 23.7 Å². The standard InChI is InChI=1S/C49H67N9O7Si/c1-29(2)41(54-47(61)64-8)45(59)57-22-12-13-39(57)43-50-35-20-14-31(23-37(35)52-43)25-56(34-18-16-33(17-19-34)49(4,5)6)26-32-15-21-36-38(24-32)53-44(51-36)40-27-66(10,11)28-58(40)46(60)42(30(3)63-7)55-48(62)65-9/h14-21,23-24,29-30,39-42H,12-13,22,25-28H2,1-11H3,(H,50,52)(H,51,53)(H,54,61)(H,55,62)/t30?,39-,40-,41-,42-/m0/s1. The number of rotatable bonds is 14. The molecule has 2 aliphatic rings. The number of ether oxygens (including phenoxy) is 3. The number of fused-ring (bicyclic) bond motifs is 2. The van der Waals surface area contributed by atoms with Gasteiger partial charge in [0.25, 0.3) is 0 Å². The summed E-state index contributed by atoms with van der Waals surface area (Å²) in [5, 5.41) is 5.43. The van der Waals surface area contributed by atoms with E-state index in [1.807, 2.05) is 35.8 Å². The van der Waals surface area contributed by atoms with Gasteiger partial charge in [-0.05, 0) is 90.2 Å². The van der Waals surface area contributed by atoms with Crippen LogP contribution in [-0.4, -0.2) is 114 Å². The summed E-state index contributed by atoms with van der Waals surface area (Å²) in [6.45, 7) is 18.5. The van der Waals surface area contributed by atoms with Crippen LogP contribution in [0.5, 0.6) is 0 Å². The van der Waals surface area contributed by atoms with Crippen LogP contribution in [0.4, 0.5) is 15.3 Å². The number of aromatic nitrogens is 4. The van der Waals surface area contributed by atoms with Gasteiger partial charge in [0.05, 0.1) is 62.5 Å². The number of amides is 4. The topological polar surface area (TPSA) is 187 Å². The number of imidazole rings is 2. The van der Waals surface area contributed by atoms with Gasteiger partial charge in [-0.2, -0.15) is 0 Å². The van der Waals surface area contributed by atoms with Crippen molar-refractivity contribution in [1.29, 1.82) is 0 Å². The van der Waals surface area contributed by atoms with Crippen LogP contribution in [0.3, 0.4) is 0 Å². The molecule has 2 aliphatic heterocycles. The van der Waals surface area contributed by atoms with Crippen molar-refractivity contribution in [3.63, 3.8) is 0 Å². The summed E-state index contributed by atoms with van der Waals surface area (Å²) in [4.78, 5) is 75.7. The molecule has 5 atom stereocenters. The first kappa shape index (κ1) is 48.0. The minimum Gasteiger partial charge on any atom is -0.453 e. The Morgan fingerprint density at radius 1 is 0.773 bits per heavy atom. The number of H-pyrrole nitrogens is 2. The SMILES string of the molecule is COC(=O)N[C@H](C(=O)N1CCC[C@H]1c1nc2ccc(CN(Cc3ccc4nc([C@@H]5C[Si](C)(C)CN5C(=O)[C@@H](NC(=O)OC)C(C)OC)[nH]c4c3)c3ccc(C(C)(C)C)cc3)cc2[nH]1)C(C)C. The molecular weight excluding hydrogens is 855 g/mol. The van der Waals surface area contributed by atoms with Gasteiger partial charge in [0.2, 0.25) is 11.8 Å². The van der Waals surface area contributed by atoms with Crippen molar-refractivity contribution in [1.82, 2.24) is 40.4 Å². The Hall–Kier alpha value is -5.94. The van der Waals surface area contributed by atoms with E-state index in [0.717, 1.165) is 69.4 Å². The third-order valence-electron chi connectivity index (χ3n) is 13.1. The highest BCUT2D eigenvalue weighted by atomic mass is 28.3. The Labute approximate surface area is 388 Å². The Morgan fingerprint density at radius 3 is 1.82 bits per heavy atom. The summed E-state index contributed by atoms with van der Waals surface area (Å²) in [5.74, 6) is 0.957. The number of carbonyl (C=O) groups excluding carboxylic acids is 4. The molecule has 17 heteroatoms. The zero-order chi connectivity index (χ0) is 47.7. The second-order valence-electron chi connectivity index (χ2n) is 20.1. The summed E-state index contributed by atoms with van der Waals surface area (Å²) in [5.41, 5.74) is 7.90. The highest BCUT2D eigenvalue weighted by molar-refractivity contribution is 6.78. The molecule has 2 fully saturated rings. The van der Waals surface area contributed by atoms with Gasteiger partial charge in [-0.1, -0.05) is 72.0 Å². The number of benzene rings is 3. The summed E-state index contributed by atoms with van der Waals surface area (Å²) in [6, 6.07) is 20.0. The van der Waals surface area contributed by atoms with Crippen LogP contribution in [0.15, 0.2) is 60.7 Å². The Morgan fingerprint density at radius 2 is 1.30 bits per heavy atom. The number of anilines is 1. The van der Waals surface area contributed by atoms with Gasteiger partial charge >= 0.3 is 12.2 Å². The number of carbonyl (C=O) groups is 4. The summed E-state index contributed by atoms with van der Waals surface area (Å²) >= 11 is 0. The van der Waals surface area contributed by atoms with E-state index < -0.39 is 38.4 Å². The van der Waals surface area contributed by atoms with Crippen molar-refractivity contribution < 1.29 is 33.4 Å². The first-order valence-corrected chi connectivity index (χ1v) is 26.4. The predicted octanol–water partition coefficient (Wildman–Crippen LogP) is 7.88. The van der Waals surface area contributed by atoms with Crippen molar-refractivity contribution in [3.05, 3.63) is 89.0 Å². The highest BCUT2D eigenvalue weighted by Gasteiger charge is 2.46. The van der Waals surface area contributed by atoms with Crippen LogP contribution >= 0.6 is 0 Å². The van der Waals surface area contributed by atoms with Crippen LogP contribution in [0, 0.1) is 5.92 Å². The van der Waals surface area contributed by atoms with Gasteiger partial charge in [-0.15, -0.1) is 0 Å². The van der Waals surface area contributed by atoms with E-state index in [-0.39, 0.29) is 35.2 Å². The molecule has 4 amide bonds. The number of methoxy groups -OCH3 is 3. The minimum absolute atomic E-state index is 0.00115. The fourth-order valence-electron chi connectivity index (χ4n) is 9.34. The number of hydrogen-bond donors (Lipinski definition) is 4. The summed E-state index contributed by atoms with van der Waals surface area (Å²) < 4.78 is 15.2. The number of nitrogens with zero attached hydrogens (tertiary/aromatic N) is 5. The van der Waals surface area contributed by atoms with E-state index in [9.17, 15) is 19.2 Å². The fraction of sp³-hybridized carbons (Fsp3) is 0.510. The monoisotopic (exact) mass is 921 g/mol. The molecule has 0 saturated carbocycles. The highest BCUT2D eigenvalue weighted by Crippen LogP contribution is 2.39. The van der Waals surface area contributed by atoms with Gasteiger partial charge in [0.15, 0.2) is 0 Å². The largest absolute Gasteiger partial charge is 0.453 e. The number of aromatic amines is 2. The van der Waals surface area contributed by atoms with E-state index in [2.05, 4.69) is 108 Å². The third-order valence-corrected chi connectivity index (χ3v) is 15.8. The van der Waals surface area contributed by atoms with Crippen molar-refractivity contribution in [2.45, 2.75) is 122 Å². The van der Waals surface area contributed by atoms with Crippen molar-refractivity contribution in [2.75, 3.05) is 38.9 Å². The van der Waals surface area contributed by atoms with E-state index >= 15 is 0 Å². The van der Waals surface area contributed by atoms with Gasteiger partial charge < -0.3 is 49.5 Å². The molecule has 4 heterocycles. The second-order valence-corrected chi connectivity index (χ2v) is 25.1. The van der Waals surface area contributed by atoms with Gasteiger partial charge in [0, 0.05) is 38.6 Å². The molecule has 0 spiro atoms. The maximum absolute atomic E-state index is 14.2. The molecular formula is C49H67N9O7Si. The lowest BCUT2D eigenvalue weighted by Gasteiger charge is -2.31. The predicted molar refractivity (Wildman–Crippen MR) is 258 cm³/mol. The zero-order valence-electron chi connectivity index (χ0n) is 40.3. The molecule has 5 aromatic rings. The normalized spacial score (nSPS) is 18.7. The Balaban J connectivity index is 1.15. The van der Waals surface area contributed by atoms with Crippen LogP contribution in [0.2, 0.25) is 19.1 Å². The molecule has 1 unspecified atom stereocenters. The van der Waals surface area contributed by atoms with E-state index in [4.69, 9.17) is 24.2 Å². The maximum Gasteiger partial charge on any atom is 0.407 e. The molecule has 3 aromatic carbocycles. The number of likely N-dealkylation sites (tertiary alicyclic amines) is 1. The molecule has 0 radical (unpaired) electrons. The van der Waals surface area contributed by atoms with E-state index in [1.54, 1.807) is 6.92 Å². The molecule has 66 heavy (non-hydrogen) atoms. The second kappa shape index (κ2) is 19.5. The van der Waals surface area contributed by atoms with Gasteiger partial charge in [-0.25, -0.2) is 19.6 Å². The van der Waals surface area contributed by atoms with E-state index in [0.29, 0.717) is 25.8 Å². The Kier molecular flexibility index (Phi) is 14.2. The van der Waals surface area contributed by atoms with Gasteiger partial charge in [-0.3, -0.25) is 9.59 Å². The number of alkyl carbamates (subject to hydrolysis) is 2. The fourth-order valence-corrected chi connectivity index (χ4v) is 12.2. The molecule has 2 saturated heterocycles. The summed E-state index contributed by atoms with van der Waals surface area (Å²) in [7, 11) is 2.24. The molecule has 2 aromatic heterocycles. The first-order chi connectivity index (χ1) is 31.3. The molecule has 4 N–H and O–H groups in total. The molecule has 16 nitrogen and oxygen atoms in total. The average Bonchev–Trinajstić information content (AvgIpc) is 4.10. The number of nitrogens with one attached hydrogen (secondary N) is 4. The molecule has 0 aliphatic carbocycles. The van der Waals surface area contributed by atoms with E-state index in [1.165, 1.54) is 26.9 Å². The van der Waals surface area contributed by atoms with Crippen molar-refractivity contribution in [2.24, 2.45) is 5.92 Å². The lowest BCUT2D eigenvalue weighted by atomic mass is 9.87. The van der Waals surface area contributed by atoms with Crippen molar-refractivity contribution >= 4 is 59.8 Å². The first-order valence-electron chi connectivity index (χ1n) is 22.9. The van der Waals surface area contributed by atoms with Crippen LogP contribution in [-0.2, 0) is 42.3 Å². The maximum atomic E-state index is 14.2. The van der Waals surface area contributed by atoms with Crippen molar-refractivity contribution in [3.8, 4) is 0 Å².